The summed E-state index contributed by atoms with van der Waals surface area (Å²) in [6, 6.07) is 11.0. The van der Waals surface area contributed by atoms with E-state index in [9.17, 15) is 9.59 Å². The Morgan fingerprint density at radius 2 is 1.76 bits per heavy atom. The highest BCUT2D eigenvalue weighted by molar-refractivity contribution is 5.80. The van der Waals surface area contributed by atoms with Gasteiger partial charge in [-0.2, -0.15) is 0 Å². The molecular weight excluding hydrogens is 312 g/mol. The van der Waals surface area contributed by atoms with Crippen molar-refractivity contribution >= 4 is 11.8 Å². The highest BCUT2D eigenvalue weighted by atomic mass is 16.2. The first-order valence-corrected chi connectivity index (χ1v) is 9.72. The van der Waals surface area contributed by atoms with Gasteiger partial charge in [-0.15, -0.1) is 0 Å². The molecule has 0 bridgehead atoms. The molecule has 1 aromatic rings. The average molecular weight is 342 g/mol. The Bertz CT molecular complexity index is 593. The van der Waals surface area contributed by atoms with Crippen molar-refractivity contribution in [1.29, 1.82) is 0 Å². The third kappa shape index (κ3) is 3.88. The van der Waals surface area contributed by atoms with Gasteiger partial charge in [0, 0.05) is 44.4 Å². The van der Waals surface area contributed by atoms with E-state index in [2.05, 4.69) is 42.2 Å². The number of carbonyl (C=O) groups is 2. The molecule has 25 heavy (non-hydrogen) atoms. The zero-order chi connectivity index (χ0) is 17.8. The van der Waals surface area contributed by atoms with E-state index in [1.807, 2.05) is 4.90 Å². The number of benzene rings is 1. The Kier molecular flexibility index (Phi) is 5.77. The monoisotopic (exact) mass is 342 g/mol. The lowest BCUT2D eigenvalue weighted by atomic mass is 9.86. The largest absolute Gasteiger partial charge is 0.343 e. The van der Waals surface area contributed by atoms with Gasteiger partial charge in [-0.1, -0.05) is 37.3 Å². The summed E-state index contributed by atoms with van der Waals surface area (Å²) in [5, 5.41) is 0. The second-order valence-corrected chi connectivity index (χ2v) is 7.45. The van der Waals surface area contributed by atoms with Crippen molar-refractivity contribution in [2.24, 2.45) is 5.92 Å². The van der Waals surface area contributed by atoms with Gasteiger partial charge in [0.25, 0.3) is 0 Å². The van der Waals surface area contributed by atoms with Crippen molar-refractivity contribution in [2.75, 3.05) is 19.6 Å². The van der Waals surface area contributed by atoms with Crippen LogP contribution in [0.5, 0.6) is 0 Å². The maximum Gasteiger partial charge on any atom is 0.226 e. The minimum atomic E-state index is 0.0875. The molecule has 0 N–H and O–H groups in total. The molecule has 0 unspecified atom stereocenters. The van der Waals surface area contributed by atoms with Crippen LogP contribution in [0.2, 0.25) is 0 Å². The Labute approximate surface area is 151 Å². The summed E-state index contributed by atoms with van der Waals surface area (Å²) in [4.78, 5) is 28.7. The van der Waals surface area contributed by atoms with Crippen LogP contribution in [0.4, 0.5) is 0 Å². The molecule has 0 aliphatic carbocycles. The summed E-state index contributed by atoms with van der Waals surface area (Å²) >= 11 is 0. The predicted octanol–water partition coefficient (Wildman–Crippen LogP) is 3.43. The summed E-state index contributed by atoms with van der Waals surface area (Å²) in [5.74, 6) is 0.953. The molecule has 4 nitrogen and oxygen atoms in total. The van der Waals surface area contributed by atoms with Gasteiger partial charge in [-0.05, 0) is 37.7 Å². The van der Waals surface area contributed by atoms with E-state index in [0.717, 1.165) is 51.7 Å². The highest BCUT2D eigenvalue weighted by Crippen LogP contribution is 2.35. The van der Waals surface area contributed by atoms with Crippen LogP contribution in [-0.4, -0.2) is 47.3 Å². The lowest BCUT2D eigenvalue weighted by Gasteiger charge is -2.37. The Hall–Kier alpha value is -1.84. The van der Waals surface area contributed by atoms with Crippen molar-refractivity contribution in [3.63, 3.8) is 0 Å². The second kappa shape index (κ2) is 8.03. The van der Waals surface area contributed by atoms with Crippen LogP contribution in [0.3, 0.4) is 0 Å². The van der Waals surface area contributed by atoms with Gasteiger partial charge in [0.15, 0.2) is 0 Å². The fraction of sp³-hybridized carbons (Fsp3) is 0.619. The van der Waals surface area contributed by atoms with E-state index in [-0.39, 0.29) is 11.8 Å². The molecule has 2 amide bonds. The molecule has 2 fully saturated rings. The Morgan fingerprint density at radius 3 is 2.36 bits per heavy atom. The third-order valence-corrected chi connectivity index (χ3v) is 6.00. The van der Waals surface area contributed by atoms with E-state index in [1.165, 1.54) is 5.56 Å². The SMILES string of the molecule is CC[C@H](c1ccccc1)[C@@H]1CCCN1C(=O)C1CCN(C(C)=O)CC1. The Morgan fingerprint density at radius 1 is 1.08 bits per heavy atom. The first-order chi connectivity index (χ1) is 12.1. The van der Waals surface area contributed by atoms with Gasteiger partial charge in [0.05, 0.1) is 0 Å². The van der Waals surface area contributed by atoms with Gasteiger partial charge >= 0.3 is 0 Å². The van der Waals surface area contributed by atoms with E-state index >= 15 is 0 Å². The molecule has 4 heteroatoms. The van der Waals surface area contributed by atoms with Crippen molar-refractivity contribution in [1.82, 2.24) is 9.80 Å². The summed E-state index contributed by atoms with van der Waals surface area (Å²) in [6.45, 7) is 6.17. The normalized spacial score (nSPS) is 22.9. The number of carbonyl (C=O) groups excluding carboxylic acids is 2. The summed E-state index contributed by atoms with van der Waals surface area (Å²) in [7, 11) is 0. The number of nitrogens with zero attached hydrogens (tertiary/aromatic N) is 2. The van der Waals surface area contributed by atoms with Gasteiger partial charge in [-0.25, -0.2) is 0 Å². The van der Waals surface area contributed by atoms with Crippen LogP contribution in [0, 0.1) is 5.92 Å². The molecule has 2 aliphatic rings. The van der Waals surface area contributed by atoms with Gasteiger partial charge in [0.2, 0.25) is 11.8 Å². The topological polar surface area (TPSA) is 40.6 Å². The molecule has 2 aliphatic heterocycles. The molecule has 136 valence electrons. The number of rotatable bonds is 4. The zero-order valence-corrected chi connectivity index (χ0v) is 15.5. The minimum Gasteiger partial charge on any atom is -0.343 e. The van der Waals surface area contributed by atoms with Crippen molar-refractivity contribution in [3.8, 4) is 0 Å². The molecule has 2 heterocycles. The maximum absolute atomic E-state index is 13.2. The number of likely N-dealkylation sites (tertiary alicyclic amines) is 2. The first-order valence-electron chi connectivity index (χ1n) is 9.72. The summed E-state index contributed by atoms with van der Waals surface area (Å²) in [6.07, 6.45) is 4.88. The fourth-order valence-corrected chi connectivity index (χ4v) is 4.59. The molecule has 0 saturated carbocycles. The molecular formula is C21H30N2O2. The Balaban J connectivity index is 1.69. The molecule has 2 atom stereocenters. The lowest BCUT2D eigenvalue weighted by Crippen LogP contribution is -2.46. The van der Waals surface area contributed by atoms with Crippen LogP contribution in [0.1, 0.15) is 57.4 Å². The number of hydrogen-bond acceptors (Lipinski definition) is 2. The first kappa shape index (κ1) is 18.0. The van der Waals surface area contributed by atoms with Gasteiger partial charge in [0.1, 0.15) is 0 Å². The molecule has 0 spiro atoms. The quantitative estimate of drug-likeness (QED) is 0.841. The van der Waals surface area contributed by atoms with Gasteiger partial charge < -0.3 is 9.80 Å². The predicted molar refractivity (Wildman–Crippen MR) is 99.2 cm³/mol. The lowest BCUT2D eigenvalue weighted by molar-refractivity contribution is -0.141. The van der Waals surface area contributed by atoms with Crippen molar-refractivity contribution in [2.45, 2.75) is 57.9 Å². The highest BCUT2D eigenvalue weighted by Gasteiger charge is 2.38. The average Bonchev–Trinajstić information content (AvgIpc) is 3.12. The summed E-state index contributed by atoms with van der Waals surface area (Å²) in [5.41, 5.74) is 1.35. The van der Waals surface area contributed by atoms with E-state index in [1.54, 1.807) is 6.92 Å². The van der Waals surface area contributed by atoms with Crippen LogP contribution in [-0.2, 0) is 9.59 Å². The maximum atomic E-state index is 13.2. The van der Waals surface area contributed by atoms with E-state index in [4.69, 9.17) is 0 Å². The van der Waals surface area contributed by atoms with E-state index in [0.29, 0.717) is 17.9 Å². The number of piperidine rings is 1. The molecule has 0 aromatic heterocycles. The van der Waals surface area contributed by atoms with E-state index < -0.39 is 0 Å². The van der Waals surface area contributed by atoms with Crippen LogP contribution < -0.4 is 0 Å². The second-order valence-electron chi connectivity index (χ2n) is 7.45. The van der Waals surface area contributed by atoms with Crippen LogP contribution in [0.15, 0.2) is 30.3 Å². The standard InChI is InChI=1S/C21H30N2O2/c1-3-19(17-8-5-4-6-9-17)20-10-7-13-23(20)21(25)18-11-14-22(15-12-18)16(2)24/h4-6,8-9,18-20H,3,7,10-15H2,1-2H3/t19-,20+/m1/s1. The third-order valence-electron chi connectivity index (χ3n) is 6.00. The van der Waals surface area contributed by atoms with Crippen LogP contribution >= 0.6 is 0 Å². The zero-order valence-electron chi connectivity index (χ0n) is 15.5. The van der Waals surface area contributed by atoms with Crippen molar-refractivity contribution in [3.05, 3.63) is 35.9 Å². The fourth-order valence-electron chi connectivity index (χ4n) is 4.59. The molecule has 0 radical (unpaired) electrons. The summed E-state index contributed by atoms with van der Waals surface area (Å²) < 4.78 is 0. The number of amides is 2. The molecule has 3 rings (SSSR count). The molecule has 1 aromatic carbocycles. The van der Waals surface area contributed by atoms with Gasteiger partial charge in [-0.3, -0.25) is 9.59 Å². The van der Waals surface area contributed by atoms with Crippen molar-refractivity contribution < 1.29 is 9.59 Å². The minimum absolute atomic E-state index is 0.0875. The van der Waals surface area contributed by atoms with Crippen LogP contribution in [0.25, 0.3) is 0 Å². The number of hydrogen-bond donors (Lipinski definition) is 0. The smallest absolute Gasteiger partial charge is 0.226 e. The molecule has 2 saturated heterocycles.